The molecule has 3 rings (SSSR count). The molecule has 0 amide bonds. The summed E-state index contributed by atoms with van der Waals surface area (Å²) < 4.78 is 5.79. The maximum atomic E-state index is 5.79. The molecule has 0 aromatic heterocycles. The molecule has 2 aromatic rings. The summed E-state index contributed by atoms with van der Waals surface area (Å²) in [7, 11) is 0. The number of ether oxygens (including phenoxy) is 1. The second kappa shape index (κ2) is 8.09. The van der Waals surface area contributed by atoms with Crippen LogP contribution in [0.1, 0.15) is 29.5 Å². The molecule has 2 N–H and O–H groups in total. The number of thiocarbonyl (C=S) groups is 1. The predicted molar refractivity (Wildman–Crippen MR) is 97.0 cm³/mol. The lowest BCUT2D eigenvalue weighted by Crippen LogP contribution is -2.36. The summed E-state index contributed by atoms with van der Waals surface area (Å²) in [6.07, 6.45) is 2.46. The Bertz CT molecular complexity index is 641. The molecule has 1 fully saturated rings. The van der Waals surface area contributed by atoms with Crippen molar-refractivity contribution in [3.63, 3.8) is 0 Å². The van der Waals surface area contributed by atoms with Crippen LogP contribution in [0.15, 0.2) is 54.6 Å². The van der Waals surface area contributed by atoms with E-state index in [0.717, 1.165) is 11.7 Å². The van der Waals surface area contributed by atoms with E-state index in [0.29, 0.717) is 19.3 Å². The molecule has 0 spiro atoms. The van der Waals surface area contributed by atoms with Gasteiger partial charge in [-0.3, -0.25) is 0 Å². The summed E-state index contributed by atoms with van der Waals surface area (Å²) in [6, 6.07) is 19.3. The normalized spacial score (nSPS) is 13.6. The minimum absolute atomic E-state index is 0.590. The molecule has 120 valence electrons. The number of nitrogens with one attached hydrogen (secondary N) is 2. The molecule has 1 saturated carbocycles. The summed E-state index contributed by atoms with van der Waals surface area (Å²) in [5, 5.41) is 7.29. The Balaban J connectivity index is 1.43. The lowest BCUT2D eigenvalue weighted by atomic mass is 10.1. The van der Waals surface area contributed by atoms with Gasteiger partial charge in [-0.2, -0.15) is 0 Å². The van der Waals surface area contributed by atoms with Crippen molar-refractivity contribution in [2.45, 2.75) is 38.6 Å². The van der Waals surface area contributed by atoms with Crippen LogP contribution < -0.4 is 10.6 Å². The number of hydrogen-bond donors (Lipinski definition) is 2. The summed E-state index contributed by atoms with van der Waals surface area (Å²) in [5.74, 6) is 0. The Kier molecular flexibility index (Phi) is 5.61. The van der Waals surface area contributed by atoms with E-state index < -0.39 is 0 Å². The van der Waals surface area contributed by atoms with Crippen molar-refractivity contribution < 1.29 is 4.74 Å². The van der Waals surface area contributed by atoms with Crippen molar-refractivity contribution in [1.29, 1.82) is 0 Å². The fraction of sp³-hybridized carbons (Fsp3) is 0.316. The van der Waals surface area contributed by atoms with Crippen LogP contribution in [0, 0.1) is 0 Å². The van der Waals surface area contributed by atoms with Crippen LogP contribution in [0.5, 0.6) is 0 Å². The summed E-state index contributed by atoms with van der Waals surface area (Å²) in [5.41, 5.74) is 3.59. The van der Waals surface area contributed by atoms with Crippen LogP contribution in [0.25, 0.3) is 0 Å². The molecular formula is C19H22N2OS. The first-order valence-electron chi connectivity index (χ1n) is 8.03. The summed E-state index contributed by atoms with van der Waals surface area (Å²) >= 11 is 5.28. The Morgan fingerprint density at radius 2 is 1.65 bits per heavy atom. The van der Waals surface area contributed by atoms with Gasteiger partial charge in [0.05, 0.1) is 13.2 Å². The van der Waals surface area contributed by atoms with Crippen LogP contribution >= 0.6 is 12.2 Å². The van der Waals surface area contributed by atoms with Gasteiger partial charge in [0.15, 0.2) is 5.11 Å². The average molecular weight is 326 g/mol. The second-order valence-electron chi connectivity index (χ2n) is 5.90. The topological polar surface area (TPSA) is 33.3 Å². The molecule has 23 heavy (non-hydrogen) atoms. The Hall–Kier alpha value is -1.91. The largest absolute Gasteiger partial charge is 0.372 e. The molecule has 2 aromatic carbocycles. The highest BCUT2D eigenvalue weighted by Gasteiger charge is 2.21. The van der Waals surface area contributed by atoms with Gasteiger partial charge in [0.2, 0.25) is 0 Å². The SMILES string of the molecule is S=C(NCc1cccc(COCc2ccccc2)c1)NC1CC1. The second-order valence-corrected chi connectivity index (χ2v) is 6.31. The van der Waals surface area contributed by atoms with Crippen LogP contribution in [-0.4, -0.2) is 11.2 Å². The molecule has 0 radical (unpaired) electrons. The molecule has 0 aliphatic heterocycles. The third-order valence-electron chi connectivity index (χ3n) is 3.74. The van der Waals surface area contributed by atoms with E-state index in [1.54, 1.807) is 0 Å². The van der Waals surface area contributed by atoms with Crippen molar-refractivity contribution in [1.82, 2.24) is 10.6 Å². The van der Waals surface area contributed by atoms with E-state index in [4.69, 9.17) is 17.0 Å². The van der Waals surface area contributed by atoms with Gasteiger partial charge in [-0.05, 0) is 41.7 Å². The molecule has 1 aliphatic carbocycles. The van der Waals surface area contributed by atoms with Gasteiger partial charge in [0.1, 0.15) is 0 Å². The van der Waals surface area contributed by atoms with E-state index >= 15 is 0 Å². The lowest BCUT2D eigenvalue weighted by Gasteiger charge is -2.11. The number of hydrogen-bond acceptors (Lipinski definition) is 2. The molecule has 0 atom stereocenters. The van der Waals surface area contributed by atoms with Crippen molar-refractivity contribution in [2.75, 3.05) is 0 Å². The van der Waals surface area contributed by atoms with Gasteiger partial charge in [-0.25, -0.2) is 0 Å². The van der Waals surface area contributed by atoms with Gasteiger partial charge in [-0.15, -0.1) is 0 Å². The molecule has 0 heterocycles. The molecule has 0 saturated heterocycles. The van der Waals surface area contributed by atoms with E-state index in [1.807, 2.05) is 18.2 Å². The fourth-order valence-corrected chi connectivity index (χ4v) is 2.58. The van der Waals surface area contributed by atoms with E-state index in [1.165, 1.54) is 29.5 Å². The third-order valence-corrected chi connectivity index (χ3v) is 4.00. The molecule has 0 bridgehead atoms. The molecular weight excluding hydrogens is 304 g/mol. The van der Waals surface area contributed by atoms with Gasteiger partial charge in [-0.1, -0.05) is 54.6 Å². The highest BCUT2D eigenvalue weighted by molar-refractivity contribution is 7.80. The number of benzene rings is 2. The van der Waals surface area contributed by atoms with Crippen LogP contribution in [0.3, 0.4) is 0 Å². The van der Waals surface area contributed by atoms with Crippen molar-refractivity contribution in [3.8, 4) is 0 Å². The molecule has 3 nitrogen and oxygen atoms in total. The molecule has 0 unspecified atom stereocenters. The highest BCUT2D eigenvalue weighted by atomic mass is 32.1. The van der Waals surface area contributed by atoms with Crippen molar-refractivity contribution >= 4 is 17.3 Å². The van der Waals surface area contributed by atoms with Gasteiger partial charge in [0, 0.05) is 12.6 Å². The zero-order valence-electron chi connectivity index (χ0n) is 13.1. The van der Waals surface area contributed by atoms with Crippen LogP contribution in [-0.2, 0) is 24.5 Å². The van der Waals surface area contributed by atoms with E-state index in [2.05, 4.69) is 47.0 Å². The first-order valence-corrected chi connectivity index (χ1v) is 8.44. The molecule has 1 aliphatic rings. The van der Waals surface area contributed by atoms with Crippen molar-refractivity contribution in [2.24, 2.45) is 0 Å². The Labute approximate surface area is 143 Å². The highest BCUT2D eigenvalue weighted by Crippen LogP contribution is 2.18. The Morgan fingerprint density at radius 1 is 0.957 bits per heavy atom. The predicted octanol–water partition coefficient (Wildman–Crippen LogP) is 3.53. The first kappa shape index (κ1) is 16.0. The quantitative estimate of drug-likeness (QED) is 0.763. The van der Waals surface area contributed by atoms with E-state index in [9.17, 15) is 0 Å². The zero-order valence-corrected chi connectivity index (χ0v) is 13.9. The third kappa shape index (κ3) is 5.66. The smallest absolute Gasteiger partial charge is 0.166 e. The first-order chi connectivity index (χ1) is 11.3. The summed E-state index contributed by atoms with van der Waals surface area (Å²) in [6.45, 7) is 2.00. The zero-order chi connectivity index (χ0) is 15.9. The minimum atomic E-state index is 0.590. The maximum Gasteiger partial charge on any atom is 0.166 e. The van der Waals surface area contributed by atoms with E-state index in [-0.39, 0.29) is 0 Å². The van der Waals surface area contributed by atoms with Crippen LogP contribution in [0.2, 0.25) is 0 Å². The van der Waals surface area contributed by atoms with Gasteiger partial charge >= 0.3 is 0 Å². The van der Waals surface area contributed by atoms with Crippen LogP contribution in [0.4, 0.5) is 0 Å². The summed E-state index contributed by atoms with van der Waals surface area (Å²) in [4.78, 5) is 0. The standard InChI is InChI=1S/C19H22N2OS/c23-19(21-18-9-10-18)20-12-16-7-4-8-17(11-16)14-22-13-15-5-2-1-3-6-15/h1-8,11,18H,9-10,12-14H2,(H2,20,21,23). The Morgan fingerprint density at radius 3 is 2.43 bits per heavy atom. The average Bonchev–Trinajstić information content (AvgIpc) is 3.38. The monoisotopic (exact) mass is 326 g/mol. The number of rotatable bonds is 7. The maximum absolute atomic E-state index is 5.79. The lowest BCUT2D eigenvalue weighted by molar-refractivity contribution is 0.107. The van der Waals surface area contributed by atoms with Crippen molar-refractivity contribution in [3.05, 3.63) is 71.3 Å². The van der Waals surface area contributed by atoms with Gasteiger partial charge < -0.3 is 15.4 Å². The molecule has 4 heteroatoms. The van der Waals surface area contributed by atoms with Gasteiger partial charge in [0.25, 0.3) is 0 Å². The fourth-order valence-electron chi connectivity index (χ4n) is 2.34. The minimum Gasteiger partial charge on any atom is -0.372 e.